The first-order chi connectivity index (χ1) is 13.3. The average Bonchev–Trinajstić information content (AvgIpc) is 2.75. The van der Waals surface area contributed by atoms with Gasteiger partial charge in [0, 0.05) is 32.2 Å². The fourth-order valence-electron chi connectivity index (χ4n) is 4.21. The Kier molecular flexibility index (Phi) is 5.66. The van der Waals surface area contributed by atoms with Crippen LogP contribution in [0, 0.1) is 5.92 Å². The van der Waals surface area contributed by atoms with Crippen LogP contribution in [0.1, 0.15) is 48.2 Å². The molecule has 0 N–H and O–H groups in total. The van der Waals surface area contributed by atoms with Crippen molar-refractivity contribution in [1.29, 1.82) is 0 Å². The van der Waals surface area contributed by atoms with Crippen LogP contribution in [0.25, 0.3) is 0 Å². The van der Waals surface area contributed by atoms with Crippen LogP contribution in [0.5, 0.6) is 0 Å². The minimum Gasteiger partial charge on any atom is -0.356 e. The number of rotatable bonds is 4. The maximum absolute atomic E-state index is 12.7. The van der Waals surface area contributed by atoms with Crippen molar-refractivity contribution in [1.82, 2.24) is 14.9 Å². The zero-order valence-electron chi connectivity index (χ0n) is 15.9. The smallest absolute Gasteiger partial charge is 0.272 e. The minimum absolute atomic E-state index is 0.0531. The van der Waals surface area contributed by atoms with Crippen LogP contribution >= 0.6 is 0 Å². The molecule has 0 spiro atoms. The van der Waals surface area contributed by atoms with Crippen LogP contribution in [-0.2, 0) is 6.42 Å². The van der Waals surface area contributed by atoms with Gasteiger partial charge in [0.05, 0.1) is 0 Å². The van der Waals surface area contributed by atoms with Gasteiger partial charge < -0.3 is 9.80 Å². The number of amides is 1. The van der Waals surface area contributed by atoms with E-state index >= 15 is 0 Å². The molecule has 1 aromatic heterocycles. The average molecular weight is 364 g/mol. The summed E-state index contributed by atoms with van der Waals surface area (Å²) in [4.78, 5) is 25.6. The van der Waals surface area contributed by atoms with Crippen molar-refractivity contribution in [2.45, 2.75) is 38.5 Å². The highest BCUT2D eigenvalue weighted by molar-refractivity contribution is 5.93. The van der Waals surface area contributed by atoms with Gasteiger partial charge in [-0.25, -0.2) is 9.97 Å². The Morgan fingerprint density at radius 1 is 0.963 bits per heavy atom. The van der Waals surface area contributed by atoms with Gasteiger partial charge >= 0.3 is 0 Å². The SMILES string of the molecule is O=C(c1cc(N2CCC(Cc3ccccc3)CC2)ncn1)N1CCCCC1. The Morgan fingerprint density at radius 3 is 2.44 bits per heavy atom. The Bertz CT molecular complexity index is 750. The summed E-state index contributed by atoms with van der Waals surface area (Å²) in [5.74, 6) is 1.67. The number of likely N-dealkylation sites (tertiary alicyclic amines) is 1. The monoisotopic (exact) mass is 364 g/mol. The van der Waals surface area contributed by atoms with Gasteiger partial charge in [-0.1, -0.05) is 30.3 Å². The van der Waals surface area contributed by atoms with Crippen LogP contribution < -0.4 is 4.90 Å². The second kappa shape index (κ2) is 8.51. The molecule has 4 rings (SSSR count). The number of benzene rings is 1. The fraction of sp³-hybridized carbons (Fsp3) is 0.500. The molecule has 2 aliphatic heterocycles. The van der Waals surface area contributed by atoms with E-state index in [1.165, 1.54) is 12.0 Å². The molecule has 5 heteroatoms. The van der Waals surface area contributed by atoms with Crippen LogP contribution in [0.4, 0.5) is 5.82 Å². The van der Waals surface area contributed by atoms with Crippen molar-refractivity contribution in [2.75, 3.05) is 31.1 Å². The third-order valence-corrected chi connectivity index (χ3v) is 5.82. The number of piperidine rings is 2. The molecule has 2 fully saturated rings. The topological polar surface area (TPSA) is 49.3 Å². The normalized spacial score (nSPS) is 18.5. The van der Waals surface area contributed by atoms with E-state index in [1.54, 1.807) is 6.33 Å². The van der Waals surface area contributed by atoms with Crippen molar-refractivity contribution in [3.63, 3.8) is 0 Å². The predicted molar refractivity (Wildman–Crippen MR) is 107 cm³/mol. The number of hydrogen-bond donors (Lipinski definition) is 0. The summed E-state index contributed by atoms with van der Waals surface area (Å²) in [7, 11) is 0. The molecular weight excluding hydrogens is 336 g/mol. The molecule has 0 atom stereocenters. The lowest BCUT2D eigenvalue weighted by atomic mass is 9.90. The molecule has 3 heterocycles. The molecule has 0 unspecified atom stereocenters. The second-order valence-electron chi connectivity index (χ2n) is 7.73. The van der Waals surface area contributed by atoms with Gasteiger partial charge in [-0.2, -0.15) is 0 Å². The Balaban J connectivity index is 1.36. The van der Waals surface area contributed by atoms with E-state index in [4.69, 9.17) is 0 Å². The first kappa shape index (κ1) is 18.0. The lowest BCUT2D eigenvalue weighted by molar-refractivity contribution is 0.0718. The first-order valence-electron chi connectivity index (χ1n) is 10.2. The van der Waals surface area contributed by atoms with Crippen LogP contribution in [0.3, 0.4) is 0 Å². The molecule has 1 aromatic carbocycles. The molecule has 2 saturated heterocycles. The predicted octanol–water partition coefficient (Wildman–Crippen LogP) is 3.56. The molecule has 142 valence electrons. The summed E-state index contributed by atoms with van der Waals surface area (Å²) in [5, 5.41) is 0. The molecule has 0 radical (unpaired) electrons. The summed E-state index contributed by atoms with van der Waals surface area (Å²) < 4.78 is 0. The van der Waals surface area contributed by atoms with E-state index in [-0.39, 0.29) is 5.91 Å². The summed E-state index contributed by atoms with van der Waals surface area (Å²) in [5.41, 5.74) is 1.96. The fourth-order valence-corrected chi connectivity index (χ4v) is 4.21. The number of nitrogens with zero attached hydrogens (tertiary/aromatic N) is 4. The van der Waals surface area contributed by atoms with Gasteiger partial charge in [0.15, 0.2) is 0 Å². The number of anilines is 1. The lowest BCUT2D eigenvalue weighted by Crippen LogP contribution is -2.37. The quantitative estimate of drug-likeness (QED) is 0.832. The molecule has 0 bridgehead atoms. The van der Waals surface area contributed by atoms with Crippen molar-refractivity contribution in [2.24, 2.45) is 5.92 Å². The Labute approximate surface area is 161 Å². The van der Waals surface area contributed by atoms with Gasteiger partial charge in [-0.3, -0.25) is 4.79 Å². The van der Waals surface area contributed by atoms with Gasteiger partial charge in [0.1, 0.15) is 17.8 Å². The molecule has 2 aliphatic rings. The summed E-state index contributed by atoms with van der Waals surface area (Å²) in [6, 6.07) is 12.6. The standard InChI is InChI=1S/C22H28N4O/c27-22(26-11-5-2-6-12-26)20-16-21(24-17-23-20)25-13-9-19(10-14-25)15-18-7-3-1-4-8-18/h1,3-4,7-8,16-17,19H,2,5-6,9-15H2. The van der Waals surface area contributed by atoms with Crippen molar-refractivity contribution >= 4 is 11.7 Å². The third kappa shape index (κ3) is 4.46. The van der Waals surface area contributed by atoms with Crippen LogP contribution in [0.15, 0.2) is 42.7 Å². The Morgan fingerprint density at radius 2 is 1.70 bits per heavy atom. The molecule has 5 nitrogen and oxygen atoms in total. The van der Waals surface area contributed by atoms with Crippen molar-refractivity contribution in [3.8, 4) is 0 Å². The lowest BCUT2D eigenvalue weighted by Gasteiger charge is -2.33. The van der Waals surface area contributed by atoms with E-state index in [0.717, 1.165) is 70.0 Å². The van der Waals surface area contributed by atoms with Gasteiger partial charge in [0.25, 0.3) is 5.91 Å². The second-order valence-corrected chi connectivity index (χ2v) is 7.73. The first-order valence-corrected chi connectivity index (χ1v) is 10.2. The van der Waals surface area contributed by atoms with Crippen molar-refractivity contribution < 1.29 is 4.79 Å². The van der Waals surface area contributed by atoms with E-state index in [2.05, 4.69) is 45.2 Å². The highest BCUT2D eigenvalue weighted by Gasteiger charge is 2.23. The van der Waals surface area contributed by atoms with E-state index in [1.807, 2.05) is 11.0 Å². The number of carbonyl (C=O) groups excluding carboxylic acids is 1. The van der Waals surface area contributed by atoms with E-state index < -0.39 is 0 Å². The van der Waals surface area contributed by atoms with Gasteiger partial charge in [-0.05, 0) is 50.0 Å². The zero-order valence-corrected chi connectivity index (χ0v) is 15.9. The minimum atomic E-state index is 0.0531. The maximum atomic E-state index is 12.7. The molecular formula is C22H28N4O. The molecule has 0 aliphatic carbocycles. The molecule has 1 amide bonds. The zero-order chi connectivity index (χ0) is 18.5. The highest BCUT2D eigenvalue weighted by atomic mass is 16.2. The number of carbonyl (C=O) groups is 1. The van der Waals surface area contributed by atoms with Crippen molar-refractivity contribution in [3.05, 3.63) is 54.0 Å². The van der Waals surface area contributed by atoms with E-state index in [9.17, 15) is 4.79 Å². The summed E-state index contributed by atoms with van der Waals surface area (Å²) in [6.45, 7) is 3.68. The number of hydrogen-bond acceptors (Lipinski definition) is 4. The maximum Gasteiger partial charge on any atom is 0.272 e. The molecule has 2 aromatic rings. The van der Waals surface area contributed by atoms with E-state index in [0.29, 0.717) is 5.69 Å². The largest absolute Gasteiger partial charge is 0.356 e. The van der Waals surface area contributed by atoms with Crippen LogP contribution in [-0.4, -0.2) is 47.0 Å². The summed E-state index contributed by atoms with van der Waals surface area (Å²) >= 11 is 0. The Hall–Kier alpha value is -2.43. The third-order valence-electron chi connectivity index (χ3n) is 5.82. The van der Waals surface area contributed by atoms with Gasteiger partial charge in [0.2, 0.25) is 0 Å². The molecule has 0 saturated carbocycles. The number of aromatic nitrogens is 2. The highest BCUT2D eigenvalue weighted by Crippen LogP contribution is 2.25. The molecule has 27 heavy (non-hydrogen) atoms. The van der Waals surface area contributed by atoms with Crippen LogP contribution in [0.2, 0.25) is 0 Å². The summed E-state index contributed by atoms with van der Waals surface area (Å²) in [6.07, 6.45) is 8.43. The van der Waals surface area contributed by atoms with Gasteiger partial charge in [-0.15, -0.1) is 0 Å².